The monoisotopic (exact) mass is 320 g/mol. The summed E-state index contributed by atoms with van der Waals surface area (Å²) in [6.07, 6.45) is 0.0290. The van der Waals surface area contributed by atoms with Gasteiger partial charge < -0.3 is 14.5 Å². The summed E-state index contributed by atoms with van der Waals surface area (Å²) in [5.74, 6) is -1.14. The predicted octanol–water partition coefficient (Wildman–Crippen LogP) is 2.53. The highest BCUT2D eigenvalue weighted by Gasteiger charge is 2.45. The second-order valence-corrected chi connectivity index (χ2v) is 6.41. The lowest BCUT2D eigenvalue weighted by atomic mass is 9.99. The molecule has 116 valence electrons. The molecule has 1 aliphatic rings. The van der Waals surface area contributed by atoms with E-state index in [-0.39, 0.29) is 12.3 Å². The third-order valence-electron chi connectivity index (χ3n) is 4.09. The van der Waals surface area contributed by atoms with E-state index in [2.05, 4.69) is 5.16 Å². The SMILES string of the molecule is Cc1noc(C)c1CN1C(=O)C[C@@H](C(=O)O)[C@@H]1c1cccs1. The van der Waals surface area contributed by atoms with Crippen molar-refractivity contribution in [3.05, 3.63) is 39.4 Å². The number of aliphatic carboxylic acids is 1. The second-order valence-electron chi connectivity index (χ2n) is 5.43. The standard InChI is InChI=1S/C15H16N2O4S/c1-8-11(9(2)21-16-8)7-17-13(18)6-10(15(19)20)14(17)12-4-3-5-22-12/h3-5,10,14H,6-7H2,1-2H3,(H,19,20)/t10-,14-/m1/s1. The number of thiophene rings is 1. The van der Waals surface area contributed by atoms with Crippen molar-refractivity contribution in [1.29, 1.82) is 0 Å². The van der Waals surface area contributed by atoms with Crippen molar-refractivity contribution in [2.45, 2.75) is 32.9 Å². The third-order valence-corrected chi connectivity index (χ3v) is 5.04. The minimum absolute atomic E-state index is 0.0290. The first-order chi connectivity index (χ1) is 10.5. The van der Waals surface area contributed by atoms with Crippen LogP contribution in [-0.4, -0.2) is 27.0 Å². The molecule has 6 nitrogen and oxygen atoms in total. The van der Waals surface area contributed by atoms with Crippen LogP contribution in [0.15, 0.2) is 22.0 Å². The van der Waals surface area contributed by atoms with Crippen molar-refractivity contribution in [3.8, 4) is 0 Å². The van der Waals surface area contributed by atoms with Gasteiger partial charge >= 0.3 is 5.97 Å². The van der Waals surface area contributed by atoms with Gasteiger partial charge in [-0.05, 0) is 25.3 Å². The molecule has 0 bridgehead atoms. The summed E-state index contributed by atoms with van der Waals surface area (Å²) in [4.78, 5) is 26.4. The molecule has 1 N–H and O–H groups in total. The number of carboxylic acid groups (broad SMARTS) is 1. The lowest BCUT2D eigenvalue weighted by Crippen LogP contribution is -2.30. The highest BCUT2D eigenvalue weighted by molar-refractivity contribution is 7.10. The van der Waals surface area contributed by atoms with Crippen LogP contribution in [0.3, 0.4) is 0 Å². The molecule has 2 aromatic rings. The molecule has 0 aromatic carbocycles. The van der Waals surface area contributed by atoms with Gasteiger partial charge in [0.05, 0.1) is 24.2 Å². The number of amides is 1. The fraction of sp³-hybridized carbons (Fsp3) is 0.400. The normalized spacial score (nSPS) is 21.5. The van der Waals surface area contributed by atoms with Gasteiger partial charge in [-0.3, -0.25) is 9.59 Å². The van der Waals surface area contributed by atoms with Gasteiger partial charge in [-0.1, -0.05) is 11.2 Å². The van der Waals surface area contributed by atoms with Gasteiger partial charge in [0.1, 0.15) is 5.76 Å². The zero-order chi connectivity index (χ0) is 15.9. The molecule has 0 unspecified atom stereocenters. The van der Waals surface area contributed by atoms with Crippen molar-refractivity contribution < 1.29 is 19.2 Å². The Morgan fingerprint density at radius 1 is 1.55 bits per heavy atom. The Labute approximate surface area is 131 Å². The number of likely N-dealkylation sites (tertiary alicyclic amines) is 1. The van der Waals surface area contributed by atoms with E-state index in [0.717, 1.165) is 16.1 Å². The van der Waals surface area contributed by atoms with E-state index in [9.17, 15) is 14.7 Å². The molecule has 2 atom stereocenters. The average molecular weight is 320 g/mol. The van der Waals surface area contributed by atoms with Crippen molar-refractivity contribution >= 4 is 23.2 Å². The lowest BCUT2D eigenvalue weighted by Gasteiger charge is -2.26. The average Bonchev–Trinajstić information content (AvgIpc) is 3.15. The van der Waals surface area contributed by atoms with E-state index in [4.69, 9.17) is 4.52 Å². The van der Waals surface area contributed by atoms with Gasteiger partial charge in [-0.15, -0.1) is 11.3 Å². The van der Waals surface area contributed by atoms with E-state index < -0.39 is 17.9 Å². The fourth-order valence-corrected chi connectivity index (χ4v) is 3.81. The topological polar surface area (TPSA) is 83.6 Å². The van der Waals surface area contributed by atoms with E-state index >= 15 is 0 Å². The van der Waals surface area contributed by atoms with Crippen molar-refractivity contribution in [1.82, 2.24) is 10.1 Å². The van der Waals surface area contributed by atoms with Crippen LogP contribution in [0.4, 0.5) is 0 Å². The Bertz CT molecular complexity index is 688. The van der Waals surface area contributed by atoms with E-state index in [1.807, 2.05) is 24.4 Å². The summed E-state index contributed by atoms with van der Waals surface area (Å²) in [6, 6.07) is 3.32. The van der Waals surface area contributed by atoms with Gasteiger partial charge in [0.2, 0.25) is 5.91 Å². The number of aromatic nitrogens is 1. The molecular weight excluding hydrogens is 304 g/mol. The summed E-state index contributed by atoms with van der Waals surface area (Å²) in [6.45, 7) is 3.94. The molecule has 1 aliphatic heterocycles. The molecule has 1 saturated heterocycles. The highest BCUT2D eigenvalue weighted by atomic mass is 32.1. The number of hydrogen-bond donors (Lipinski definition) is 1. The van der Waals surface area contributed by atoms with Crippen molar-refractivity contribution in [2.75, 3.05) is 0 Å². The van der Waals surface area contributed by atoms with Crippen LogP contribution in [-0.2, 0) is 16.1 Å². The Morgan fingerprint density at radius 2 is 2.32 bits per heavy atom. The van der Waals surface area contributed by atoms with E-state index in [1.54, 1.807) is 11.8 Å². The molecule has 0 spiro atoms. The van der Waals surface area contributed by atoms with Crippen LogP contribution < -0.4 is 0 Å². The summed E-state index contributed by atoms with van der Waals surface area (Å²) in [7, 11) is 0. The lowest BCUT2D eigenvalue weighted by molar-refractivity contribution is -0.142. The smallest absolute Gasteiger partial charge is 0.309 e. The Morgan fingerprint density at radius 3 is 2.86 bits per heavy atom. The number of hydrogen-bond acceptors (Lipinski definition) is 5. The molecule has 22 heavy (non-hydrogen) atoms. The first kappa shape index (κ1) is 14.8. The van der Waals surface area contributed by atoms with Crippen LogP contribution >= 0.6 is 11.3 Å². The van der Waals surface area contributed by atoms with Gasteiger partial charge in [0.15, 0.2) is 0 Å². The number of carbonyl (C=O) groups excluding carboxylic acids is 1. The quantitative estimate of drug-likeness (QED) is 0.936. The first-order valence-electron chi connectivity index (χ1n) is 6.96. The van der Waals surface area contributed by atoms with Crippen LogP contribution in [0.1, 0.15) is 34.4 Å². The van der Waals surface area contributed by atoms with Gasteiger partial charge in [0, 0.05) is 16.9 Å². The van der Waals surface area contributed by atoms with Gasteiger partial charge in [-0.2, -0.15) is 0 Å². The number of carbonyl (C=O) groups is 2. The predicted molar refractivity (Wildman–Crippen MR) is 79.3 cm³/mol. The number of nitrogens with zero attached hydrogens (tertiary/aromatic N) is 2. The van der Waals surface area contributed by atoms with Gasteiger partial charge in [-0.25, -0.2) is 0 Å². The molecule has 1 amide bonds. The molecule has 7 heteroatoms. The number of aryl methyl sites for hydroxylation is 2. The van der Waals surface area contributed by atoms with Crippen LogP contribution in [0.2, 0.25) is 0 Å². The fourth-order valence-electron chi connectivity index (χ4n) is 2.91. The number of carboxylic acids is 1. The summed E-state index contributed by atoms with van der Waals surface area (Å²) < 4.78 is 5.14. The van der Waals surface area contributed by atoms with Crippen LogP contribution in [0.25, 0.3) is 0 Å². The summed E-state index contributed by atoms with van der Waals surface area (Å²) in [5.41, 5.74) is 1.58. The first-order valence-corrected chi connectivity index (χ1v) is 7.84. The largest absolute Gasteiger partial charge is 0.481 e. The maximum absolute atomic E-state index is 12.4. The van der Waals surface area contributed by atoms with Crippen molar-refractivity contribution in [3.63, 3.8) is 0 Å². The van der Waals surface area contributed by atoms with Crippen LogP contribution in [0.5, 0.6) is 0 Å². The second kappa shape index (κ2) is 5.57. The molecule has 3 heterocycles. The summed E-state index contributed by atoms with van der Waals surface area (Å²) in [5, 5.41) is 15.2. The molecule has 0 radical (unpaired) electrons. The highest BCUT2D eigenvalue weighted by Crippen LogP contribution is 2.41. The maximum Gasteiger partial charge on any atom is 0.309 e. The maximum atomic E-state index is 12.4. The summed E-state index contributed by atoms with van der Waals surface area (Å²) >= 11 is 1.47. The zero-order valence-electron chi connectivity index (χ0n) is 12.3. The molecule has 1 fully saturated rings. The molecule has 0 saturated carbocycles. The van der Waals surface area contributed by atoms with Gasteiger partial charge in [0.25, 0.3) is 0 Å². The van der Waals surface area contributed by atoms with E-state index in [0.29, 0.717) is 12.3 Å². The molecule has 2 aromatic heterocycles. The van der Waals surface area contributed by atoms with Crippen molar-refractivity contribution in [2.24, 2.45) is 5.92 Å². The minimum Gasteiger partial charge on any atom is -0.481 e. The zero-order valence-corrected chi connectivity index (χ0v) is 13.1. The Kier molecular flexibility index (Phi) is 3.74. The van der Waals surface area contributed by atoms with Crippen LogP contribution in [0, 0.1) is 19.8 Å². The molecule has 3 rings (SSSR count). The molecule has 0 aliphatic carbocycles. The number of rotatable bonds is 4. The van der Waals surface area contributed by atoms with E-state index in [1.165, 1.54) is 11.3 Å². The molecular formula is C15H16N2O4S. The minimum atomic E-state index is -0.937. The Hall–Kier alpha value is -2.15. The Balaban J connectivity index is 1.97. The third kappa shape index (κ3) is 2.41.